The van der Waals surface area contributed by atoms with Gasteiger partial charge in [-0.1, -0.05) is 30.3 Å². The van der Waals surface area contributed by atoms with Crippen molar-refractivity contribution in [1.29, 1.82) is 0 Å². The number of nitrogens with zero attached hydrogens (tertiary/aromatic N) is 5. The molecule has 28 heavy (non-hydrogen) atoms. The molecule has 2 heterocycles. The summed E-state index contributed by atoms with van der Waals surface area (Å²) in [4.78, 5) is 2.30. The van der Waals surface area contributed by atoms with E-state index in [1.165, 1.54) is 11.1 Å². The molecule has 0 N–H and O–H groups in total. The molecule has 0 fully saturated rings. The first-order valence-corrected chi connectivity index (χ1v) is 9.48. The van der Waals surface area contributed by atoms with E-state index in [0.29, 0.717) is 0 Å². The molecule has 0 spiro atoms. The van der Waals surface area contributed by atoms with E-state index < -0.39 is 0 Å². The molecule has 4 rings (SSSR count). The molecule has 4 aromatic rings. The van der Waals surface area contributed by atoms with Gasteiger partial charge in [-0.05, 0) is 56.8 Å². The minimum atomic E-state index is 0.853. The Labute approximate surface area is 165 Å². The molecule has 0 atom stereocenters. The molecule has 5 heteroatoms. The lowest BCUT2D eigenvalue weighted by molar-refractivity contribution is 0.319. The smallest absolute Gasteiger partial charge is 0.0648 e. The van der Waals surface area contributed by atoms with Crippen molar-refractivity contribution in [3.8, 4) is 11.4 Å². The van der Waals surface area contributed by atoms with Crippen LogP contribution >= 0.6 is 0 Å². The maximum Gasteiger partial charge on any atom is 0.0648 e. The first kappa shape index (κ1) is 18.2. The van der Waals surface area contributed by atoms with Gasteiger partial charge < -0.3 is 0 Å². The zero-order valence-electron chi connectivity index (χ0n) is 16.6. The fourth-order valence-corrected chi connectivity index (χ4v) is 3.48. The van der Waals surface area contributed by atoms with Crippen molar-refractivity contribution in [2.75, 3.05) is 7.05 Å². The van der Waals surface area contributed by atoms with Crippen molar-refractivity contribution >= 4 is 0 Å². The Morgan fingerprint density at radius 3 is 2.25 bits per heavy atom. The van der Waals surface area contributed by atoms with Crippen LogP contribution in [0, 0.1) is 13.8 Å². The van der Waals surface area contributed by atoms with Gasteiger partial charge in [-0.2, -0.15) is 10.2 Å². The summed E-state index contributed by atoms with van der Waals surface area (Å²) < 4.78 is 3.91. The molecular formula is C23H25N5. The minimum absolute atomic E-state index is 0.853. The van der Waals surface area contributed by atoms with Gasteiger partial charge in [0.2, 0.25) is 0 Å². The number of para-hydroxylation sites is 1. The number of hydrogen-bond donors (Lipinski definition) is 0. The average Bonchev–Trinajstić information content (AvgIpc) is 3.29. The summed E-state index contributed by atoms with van der Waals surface area (Å²) in [5, 5.41) is 9.03. The lowest BCUT2D eigenvalue weighted by Crippen LogP contribution is -2.17. The topological polar surface area (TPSA) is 38.9 Å². The van der Waals surface area contributed by atoms with E-state index in [9.17, 15) is 0 Å². The van der Waals surface area contributed by atoms with E-state index in [1.54, 1.807) is 0 Å². The molecule has 2 aromatic heterocycles. The third-order valence-electron chi connectivity index (χ3n) is 4.75. The number of aromatic nitrogens is 4. The zero-order valence-corrected chi connectivity index (χ0v) is 16.6. The van der Waals surface area contributed by atoms with Crippen molar-refractivity contribution in [2.45, 2.75) is 26.9 Å². The van der Waals surface area contributed by atoms with E-state index in [1.807, 2.05) is 40.7 Å². The highest BCUT2D eigenvalue weighted by molar-refractivity contribution is 5.36. The van der Waals surface area contributed by atoms with Gasteiger partial charge in [0.25, 0.3) is 0 Å². The number of aryl methyl sites for hydroxylation is 2. The summed E-state index contributed by atoms with van der Waals surface area (Å²) >= 11 is 0. The van der Waals surface area contributed by atoms with Gasteiger partial charge in [-0.3, -0.25) is 4.90 Å². The predicted molar refractivity (Wildman–Crippen MR) is 112 cm³/mol. The van der Waals surface area contributed by atoms with Gasteiger partial charge in [0.15, 0.2) is 0 Å². The van der Waals surface area contributed by atoms with Crippen molar-refractivity contribution < 1.29 is 0 Å². The van der Waals surface area contributed by atoms with E-state index in [-0.39, 0.29) is 0 Å². The molecule has 5 nitrogen and oxygen atoms in total. The molecule has 0 saturated heterocycles. The fraction of sp³-hybridized carbons (Fsp3) is 0.217. The molecule has 2 aromatic carbocycles. The second-order valence-corrected chi connectivity index (χ2v) is 7.31. The second-order valence-electron chi connectivity index (χ2n) is 7.31. The number of rotatable bonds is 6. The molecule has 0 bridgehead atoms. The van der Waals surface area contributed by atoms with E-state index in [2.05, 4.69) is 77.7 Å². The Bertz CT molecular complexity index is 1040. The van der Waals surface area contributed by atoms with Crippen molar-refractivity contribution in [2.24, 2.45) is 0 Å². The largest absolute Gasteiger partial charge is 0.298 e. The molecule has 0 aliphatic heterocycles. The van der Waals surface area contributed by atoms with Crippen LogP contribution in [0.15, 0.2) is 73.1 Å². The molecule has 0 aliphatic carbocycles. The molecule has 0 aliphatic rings. The van der Waals surface area contributed by atoms with Crippen LogP contribution in [0.1, 0.15) is 22.5 Å². The van der Waals surface area contributed by atoms with Crippen molar-refractivity contribution in [3.05, 3.63) is 95.6 Å². The van der Waals surface area contributed by atoms with Crippen molar-refractivity contribution in [3.63, 3.8) is 0 Å². The van der Waals surface area contributed by atoms with Crippen LogP contribution in [0.25, 0.3) is 11.4 Å². The maximum absolute atomic E-state index is 4.55. The Balaban J connectivity index is 1.39. The van der Waals surface area contributed by atoms with Crippen LogP contribution in [-0.4, -0.2) is 31.5 Å². The molecule has 0 unspecified atom stereocenters. The number of benzene rings is 2. The summed E-state index contributed by atoms with van der Waals surface area (Å²) in [5.74, 6) is 0. The molecule has 0 amide bonds. The molecule has 0 saturated carbocycles. The number of hydrogen-bond acceptors (Lipinski definition) is 3. The highest BCUT2D eigenvalue weighted by Crippen LogP contribution is 2.15. The van der Waals surface area contributed by atoms with Gasteiger partial charge in [0, 0.05) is 30.5 Å². The molecular weight excluding hydrogens is 346 g/mol. The monoisotopic (exact) mass is 371 g/mol. The quantitative estimate of drug-likeness (QED) is 0.507. The summed E-state index contributed by atoms with van der Waals surface area (Å²) in [6.07, 6.45) is 4.03. The van der Waals surface area contributed by atoms with E-state index in [0.717, 1.165) is 35.9 Å². The standard InChI is InChI=1S/C23H25N5/c1-18-13-19(2)28(25-18)23-11-9-20(10-12-23)15-26(3)16-21-14-24-27(17-21)22-7-5-4-6-8-22/h4-14,17H,15-16H2,1-3H3. The van der Waals surface area contributed by atoms with Crippen LogP contribution in [-0.2, 0) is 13.1 Å². The lowest BCUT2D eigenvalue weighted by Gasteiger charge is -2.16. The Morgan fingerprint density at radius 1 is 0.857 bits per heavy atom. The van der Waals surface area contributed by atoms with Crippen LogP contribution in [0.4, 0.5) is 0 Å². The summed E-state index contributed by atoms with van der Waals surface area (Å²) in [5.41, 5.74) is 6.85. The fourth-order valence-electron chi connectivity index (χ4n) is 3.48. The molecule has 0 radical (unpaired) electrons. The summed E-state index contributed by atoms with van der Waals surface area (Å²) in [6.45, 7) is 5.84. The Hall–Kier alpha value is -3.18. The van der Waals surface area contributed by atoms with Gasteiger partial charge in [-0.25, -0.2) is 9.36 Å². The van der Waals surface area contributed by atoms with E-state index >= 15 is 0 Å². The van der Waals surface area contributed by atoms with Crippen LogP contribution in [0.2, 0.25) is 0 Å². The predicted octanol–water partition coefficient (Wildman–Crippen LogP) is 4.31. The van der Waals surface area contributed by atoms with Gasteiger partial charge >= 0.3 is 0 Å². The highest BCUT2D eigenvalue weighted by atomic mass is 15.3. The maximum atomic E-state index is 4.55. The first-order chi connectivity index (χ1) is 13.6. The van der Waals surface area contributed by atoms with Crippen LogP contribution in [0.3, 0.4) is 0 Å². The van der Waals surface area contributed by atoms with Gasteiger partial charge in [0.05, 0.1) is 23.3 Å². The molecule has 142 valence electrons. The van der Waals surface area contributed by atoms with Gasteiger partial charge in [-0.15, -0.1) is 0 Å². The third kappa shape index (κ3) is 4.05. The normalized spacial score (nSPS) is 11.3. The minimum Gasteiger partial charge on any atom is -0.298 e. The van der Waals surface area contributed by atoms with Gasteiger partial charge in [0.1, 0.15) is 0 Å². The average molecular weight is 371 g/mol. The Kier molecular flexibility index (Phi) is 5.08. The van der Waals surface area contributed by atoms with E-state index in [4.69, 9.17) is 0 Å². The Morgan fingerprint density at radius 2 is 1.57 bits per heavy atom. The summed E-state index contributed by atoms with van der Waals surface area (Å²) in [6, 6.07) is 20.9. The summed E-state index contributed by atoms with van der Waals surface area (Å²) in [7, 11) is 2.13. The second kappa shape index (κ2) is 7.82. The lowest BCUT2D eigenvalue weighted by atomic mass is 10.2. The highest BCUT2D eigenvalue weighted by Gasteiger charge is 2.07. The SMILES string of the molecule is Cc1cc(C)n(-c2ccc(CN(C)Cc3cnn(-c4ccccc4)c3)cc2)n1. The third-order valence-corrected chi connectivity index (χ3v) is 4.75. The van der Waals surface area contributed by atoms with Crippen molar-refractivity contribution in [1.82, 2.24) is 24.5 Å². The zero-order chi connectivity index (χ0) is 19.5. The van der Waals surface area contributed by atoms with Crippen LogP contribution < -0.4 is 0 Å². The first-order valence-electron chi connectivity index (χ1n) is 9.48. The van der Waals surface area contributed by atoms with Crippen LogP contribution in [0.5, 0.6) is 0 Å².